The number of hydrogen-bond acceptors (Lipinski definition) is 6. The monoisotopic (exact) mass is 1010 g/mol. The molecule has 6 heteroatoms. The second-order valence-electron chi connectivity index (χ2n) is 22.4. The Labute approximate surface area is 450 Å². The summed E-state index contributed by atoms with van der Waals surface area (Å²) in [6.45, 7) is 6.67. The van der Waals surface area contributed by atoms with Crippen molar-refractivity contribution >= 4 is 17.9 Å². The van der Waals surface area contributed by atoms with Crippen molar-refractivity contribution in [2.75, 3.05) is 13.2 Å². The molecular formula is C66H126O6. The Balaban J connectivity index is 4.00. The van der Waals surface area contributed by atoms with E-state index >= 15 is 0 Å². The molecule has 0 aromatic carbocycles. The van der Waals surface area contributed by atoms with Crippen LogP contribution in [0.25, 0.3) is 0 Å². The summed E-state index contributed by atoms with van der Waals surface area (Å²) in [5, 5.41) is 0. The van der Waals surface area contributed by atoms with Gasteiger partial charge in [-0.05, 0) is 44.9 Å². The first-order valence-electron chi connectivity index (χ1n) is 32.7. The summed E-state index contributed by atoms with van der Waals surface area (Å²) in [7, 11) is 0. The van der Waals surface area contributed by atoms with Crippen molar-refractivity contribution in [1.82, 2.24) is 0 Å². The molecule has 1 atom stereocenters. The zero-order valence-electron chi connectivity index (χ0n) is 49.0. The van der Waals surface area contributed by atoms with Crippen molar-refractivity contribution < 1.29 is 28.6 Å². The summed E-state index contributed by atoms with van der Waals surface area (Å²) in [5.74, 6) is -0.842. The Kier molecular flexibility index (Phi) is 60.1. The molecule has 0 saturated heterocycles. The van der Waals surface area contributed by atoms with Gasteiger partial charge in [-0.1, -0.05) is 322 Å². The molecule has 0 saturated carbocycles. The number of carbonyl (C=O) groups excluding carboxylic acids is 3. The number of esters is 3. The lowest BCUT2D eigenvalue weighted by Crippen LogP contribution is -2.30. The maximum absolute atomic E-state index is 12.8. The molecule has 426 valence electrons. The normalized spacial score (nSPS) is 12.0. The van der Waals surface area contributed by atoms with Crippen molar-refractivity contribution in [3.8, 4) is 0 Å². The van der Waals surface area contributed by atoms with Crippen molar-refractivity contribution in [1.29, 1.82) is 0 Å². The first kappa shape index (κ1) is 70.1. The summed E-state index contributed by atoms with van der Waals surface area (Å²) in [6, 6.07) is 0. The van der Waals surface area contributed by atoms with Crippen molar-refractivity contribution in [3.63, 3.8) is 0 Å². The molecule has 0 spiro atoms. The lowest BCUT2D eigenvalue weighted by molar-refractivity contribution is -0.167. The highest BCUT2D eigenvalue weighted by atomic mass is 16.6. The van der Waals surface area contributed by atoms with E-state index in [2.05, 4.69) is 32.9 Å². The number of allylic oxidation sites excluding steroid dienone is 2. The third kappa shape index (κ3) is 59.0. The minimum atomic E-state index is -0.762. The lowest BCUT2D eigenvalue weighted by atomic mass is 10.0. The summed E-state index contributed by atoms with van der Waals surface area (Å²) < 4.78 is 16.9. The van der Waals surface area contributed by atoms with Crippen LogP contribution in [0, 0.1) is 0 Å². The van der Waals surface area contributed by atoms with E-state index in [1.165, 1.54) is 276 Å². The van der Waals surface area contributed by atoms with Crippen LogP contribution in [0.5, 0.6) is 0 Å². The number of carbonyl (C=O) groups is 3. The fourth-order valence-electron chi connectivity index (χ4n) is 10.1. The van der Waals surface area contributed by atoms with Gasteiger partial charge in [-0.25, -0.2) is 0 Å². The molecule has 0 amide bonds. The Hall–Kier alpha value is -1.85. The van der Waals surface area contributed by atoms with Gasteiger partial charge < -0.3 is 14.2 Å². The van der Waals surface area contributed by atoms with Gasteiger partial charge in [0.2, 0.25) is 0 Å². The second-order valence-corrected chi connectivity index (χ2v) is 22.4. The summed E-state index contributed by atoms with van der Waals surface area (Å²) >= 11 is 0. The van der Waals surface area contributed by atoms with E-state index in [0.717, 1.165) is 57.8 Å². The van der Waals surface area contributed by atoms with E-state index in [0.29, 0.717) is 19.3 Å². The van der Waals surface area contributed by atoms with Crippen LogP contribution in [0.15, 0.2) is 12.2 Å². The van der Waals surface area contributed by atoms with E-state index in [1.807, 2.05) is 0 Å². The van der Waals surface area contributed by atoms with Gasteiger partial charge in [-0.2, -0.15) is 0 Å². The third-order valence-corrected chi connectivity index (χ3v) is 15.0. The lowest BCUT2D eigenvalue weighted by Gasteiger charge is -2.18. The highest BCUT2D eigenvalue weighted by Crippen LogP contribution is 2.18. The first-order valence-corrected chi connectivity index (χ1v) is 32.7. The molecule has 6 nitrogen and oxygen atoms in total. The van der Waals surface area contributed by atoms with Crippen molar-refractivity contribution in [2.45, 2.75) is 380 Å². The van der Waals surface area contributed by atoms with Crippen LogP contribution in [0.2, 0.25) is 0 Å². The van der Waals surface area contributed by atoms with Crippen molar-refractivity contribution in [3.05, 3.63) is 12.2 Å². The van der Waals surface area contributed by atoms with E-state index in [9.17, 15) is 14.4 Å². The van der Waals surface area contributed by atoms with Crippen LogP contribution in [-0.2, 0) is 28.6 Å². The number of unbranched alkanes of at least 4 members (excludes halogenated alkanes) is 48. The SMILES string of the molecule is CCCCCCCCCC/C=C\CCCCCCCCCCCCCCCCCCCC(=O)OCC(COC(=O)CCCCCCCCC)OC(=O)CCCCCCCCCCCCCCCCCCCC. The van der Waals surface area contributed by atoms with Crippen LogP contribution >= 0.6 is 0 Å². The molecule has 72 heavy (non-hydrogen) atoms. The largest absolute Gasteiger partial charge is 0.462 e. The molecule has 0 radical (unpaired) electrons. The molecule has 0 aliphatic rings. The van der Waals surface area contributed by atoms with E-state index in [1.54, 1.807) is 0 Å². The molecule has 0 fully saturated rings. The molecular weight excluding hydrogens is 889 g/mol. The van der Waals surface area contributed by atoms with E-state index < -0.39 is 6.10 Å². The Morgan fingerprint density at radius 1 is 0.264 bits per heavy atom. The molecule has 0 aromatic rings. The number of hydrogen-bond donors (Lipinski definition) is 0. The van der Waals surface area contributed by atoms with Gasteiger partial charge >= 0.3 is 17.9 Å². The summed E-state index contributed by atoms with van der Waals surface area (Å²) in [4.78, 5) is 38.0. The van der Waals surface area contributed by atoms with Crippen LogP contribution in [-0.4, -0.2) is 37.2 Å². The van der Waals surface area contributed by atoms with E-state index in [4.69, 9.17) is 14.2 Å². The quantitative estimate of drug-likeness (QED) is 0.0261. The zero-order valence-corrected chi connectivity index (χ0v) is 49.0. The maximum Gasteiger partial charge on any atom is 0.306 e. The molecule has 0 rings (SSSR count). The fourth-order valence-corrected chi connectivity index (χ4v) is 10.1. The summed E-state index contributed by atoms with van der Waals surface area (Å²) in [6.07, 6.45) is 72.6. The summed E-state index contributed by atoms with van der Waals surface area (Å²) in [5.41, 5.74) is 0. The molecule has 0 bridgehead atoms. The maximum atomic E-state index is 12.8. The topological polar surface area (TPSA) is 78.9 Å². The van der Waals surface area contributed by atoms with Crippen LogP contribution in [0.1, 0.15) is 374 Å². The Morgan fingerprint density at radius 2 is 0.458 bits per heavy atom. The standard InChI is InChI=1S/C66H126O6/c1-4-7-10-13-16-18-20-22-24-26-28-29-30-31-32-33-34-35-36-37-38-40-41-43-45-47-50-53-56-59-65(68)71-62-63(61-70-64(67)58-55-52-49-15-12-9-6-3)72-66(69)60-57-54-51-48-46-44-42-39-27-25-23-21-19-17-14-11-8-5-2/h26,28,63H,4-25,27,29-62H2,1-3H3/b28-26-. The van der Waals surface area contributed by atoms with Gasteiger partial charge in [0.15, 0.2) is 6.10 Å². The van der Waals surface area contributed by atoms with Gasteiger partial charge in [0.1, 0.15) is 13.2 Å². The number of ether oxygens (including phenoxy) is 3. The molecule has 0 aromatic heterocycles. The predicted molar refractivity (Wildman–Crippen MR) is 312 cm³/mol. The van der Waals surface area contributed by atoms with Gasteiger partial charge in [-0.3, -0.25) is 14.4 Å². The molecule has 0 aliphatic heterocycles. The first-order chi connectivity index (χ1) is 35.5. The zero-order chi connectivity index (χ0) is 52.2. The Morgan fingerprint density at radius 3 is 0.694 bits per heavy atom. The molecule has 0 N–H and O–H groups in total. The average molecular weight is 1020 g/mol. The highest BCUT2D eigenvalue weighted by Gasteiger charge is 2.19. The second kappa shape index (κ2) is 61.7. The Bertz CT molecular complexity index is 1120. The van der Waals surface area contributed by atoms with Gasteiger partial charge in [-0.15, -0.1) is 0 Å². The van der Waals surface area contributed by atoms with Crippen LogP contribution in [0.4, 0.5) is 0 Å². The average Bonchev–Trinajstić information content (AvgIpc) is 3.38. The van der Waals surface area contributed by atoms with Crippen molar-refractivity contribution in [2.24, 2.45) is 0 Å². The van der Waals surface area contributed by atoms with Gasteiger partial charge in [0.25, 0.3) is 0 Å². The molecule has 1 unspecified atom stereocenters. The highest BCUT2D eigenvalue weighted by molar-refractivity contribution is 5.71. The van der Waals surface area contributed by atoms with Gasteiger partial charge in [0, 0.05) is 19.3 Å². The predicted octanol–water partition coefficient (Wildman–Crippen LogP) is 22.1. The van der Waals surface area contributed by atoms with Crippen LogP contribution < -0.4 is 0 Å². The fraction of sp³-hybridized carbons (Fsp3) is 0.924. The number of rotatable bonds is 61. The van der Waals surface area contributed by atoms with Crippen LogP contribution in [0.3, 0.4) is 0 Å². The minimum absolute atomic E-state index is 0.0634. The minimum Gasteiger partial charge on any atom is -0.462 e. The third-order valence-electron chi connectivity index (χ3n) is 15.0. The molecule has 0 heterocycles. The van der Waals surface area contributed by atoms with E-state index in [-0.39, 0.29) is 31.1 Å². The molecule has 0 aliphatic carbocycles. The van der Waals surface area contributed by atoms with Gasteiger partial charge in [0.05, 0.1) is 0 Å². The smallest absolute Gasteiger partial charge is 0.306 e.